The lowest BCUT2D eigenvalue weighted by atomic mass is 10.0. The third-order valence-electron chi connectivity index (χ3n) is 6.45. The third kappa shape index (κ3) is 11.1. The van der Waals surface area contributed by atoms with Gasteiger partial charge in [0.05, 0.1) is 24.2 Å². The van der Waals surface area contributed by atoms with Gasteiger partial charge >= 0.3 is 0 Å². The van der Waals surface area contributed by atoms with Crippen LogP contribution in [0.4, 0.5) is 0 Å². The lowest BCUT2D eigenvalue weighted by Crippen LogP contribution is -2.00. The molecule has 0 aliphatic carbocycles. The lowest BCUT2D eigenvalue weighted by molar-refractivity contribution is 0.294. The van der Waals surface area contributed by atoms with Gasteiger partial charge in [-0.3, -0.25) is 9.97 Å². The largest absolute Gasteiger partial charge is 0.494 e. The minimum atomic E-state index is 0.785. The van der Waals surface area contributed by atoms with Crippen LogP contribution in [0, 0.1) is 5.92 Å². The Morgan fingerprint density at radius 2 is 1.41 bits per heavy atom. The van der Waals surface area contributed by atoms with Gasteiger partial charge < -0.3 is 4.74 Å². The van der Waals surface area contributed by atoms with Gasteiger partial charge in [-0.15, -0.1) is 0 Å². The van der Waals surface area contributed by atoms with E-state index in [4.69, 9.17) is 4.74 Å². The van der Waals surface area contributed by atoms with E-state index in [2.05, 4.69) is 42.9 Å². The smallest absolute Gasteiger partial charge is 0.119 e. The molecule has 32 heavy (non-hydrogen) atoms. The normalized spacial score (nSPS) is 12.1. The number of hydrogen-bond acceptors (Lipinski definition) is 3. The van der Waals surface area contributed by atoms with Crippen LogP contribution in [-0.4, -0.2) is 16.6 Å². The van der Waals surface area contributed by atoms with Crippen molar-refractivity contribution in [2.75, 3.05) is 6.61 Å². The quantitative estimate of drug-likeness (QED) is 0.218. The average Bonchev–Trinajstić information content (AvgIpc) is 2.83. The molecule has 3 nitrogen and oxygen atoms in total. The fraction of sp³-hybridized carbons (Fsp3) is 0.655. The Hall–Kier alpha value is -1.90. The Morgan fingerprint density at radius 1 is 0.750 bits per heavy atom. The van der Waals surface area contributed by atoms with Gasteiger partial charge in [-0.05, 0) is 55.9 Å². The first kappa shape index (κ1) is 26.4. The van der Waals surface area contributed by atoms with Crippen molar-refractivity contribution in [1.29, 1.82) is 0 Å². The molecule has 3 heteroatoms. The first-order valence-electron chi connectivity index (χ1n) is 13.3. The first-order chi connectivity index (χ1) is 15.7. The molecule has 0 saturated heterocycles. The van der Waals surface area contributed by atoms with Crippen molar-refractivity contribution in [3.05, 3.63) is 42.4 Å². The summed E-state index contributed by atoms with van der Waals surface area (Å²) in [7, 11) is 0. The van der Waals surface area contributed by atoms with Crippen molar-refractivity contribution in [2.24, 2.45) is 5.92 Å². The Labute approximate surface area is 197 Å². The fourth-order valence-corrected chi connectivity index (χ4v) is 3.97. The highest BCUT2D eigenvalue weighted by Gasteiger charge is 2.03. The highest BCUT2D eigenvalue weighted by molar-refractivity contribution is 5.58. The lowest BCUT2D eigenvalue weighted by Gasteiger charge is -2.10. The Morgan fingerprint density at radius 3 is 2.00 bits per heavy atom. The molecule has 178 valence electrons. The van der Waals surface area contributed by atoms with Crippen LogP contribution < -0.4 is 4.74 Å². The van der Waals surface area contributed by atoms with Gasteiger partial charge in [0.25, 0.3) is 0 Å². The summed E-state index contributed by atoms with van der Waals surface area (Å²) in [6, 6.07) is 8.24. The monoisotopic (exact) mass is 438 g/mol. The van der Waals surface area contributed by atoms with E-state index in [0.717, 1.165) is 48.1 Å². The average molecular weight is 439 g/mol. The molecule has 0 saturated carbocycles. The van der Waals surface area contributed by atoms with Crippen LogP contribution in [0.2, 0.25) is 0 Å². The molecule has 0 amide bonds. The van der Waals surface area contributed by atoms with Crippen LogP contribution in [0.5, 0.6) is 5.75 Å². The molecule has 0 spiro atoms. The predicted octanol–water partition coefficient (Wildman–Crippen LogP) is 8.81. The SMILES string of the molecule is CCCCCCCCCCCCc1cnc(-c2ccc(OCCC[C@@H](C)CC)cc2)cn1. The van der Waals surface area contributed by atoms with Crippen LogP contribution >= 0.6 is 0 Å². The molecule has 1 aromatic heterocycles. The number of unbranched alkanes of at least 4 members (excludes halogenated alkanes) is 9. The molecular weight excluding hydrogens is 392 g/mol. The standard InChI is InChI=1S/C29H46N2O/c1-4-6-7-8-9-10-11-12-13-14-17-27-23-31-29(24-30-27)26-18-20-28(21-19-26)32-22-15-16-25(3)5-2/h18-21,23-25H,4-17,22H2,1-3H3/t25-/m0/s1. The summed E-state index contributed by atoms with van der Waals surface area (Å²) in [5, 5.41) is 0. The summed E-state index contributed by atoms with van der Waals surface area (Å²) in [5.41, 5.74) is 3.13. The molecule has 0 unspecified atom stereocenters. The molecular formula is C29H46N2O. The van der Waals surface area contributed by atoms with Gasteiger partial charge in [0.2, 0.25) is 0 Å². The zero-order chi connectivity index (χ0) is 22.9. The number of rotatable bonds is 18. The van der Waals surface area contributed by atoms with Crippen molar-refractivity contribution in [1.82, 2.24) is 9.97 Å². The number of hydrogen-bond donors (Lipinski definition) is 0. The Balaban J connectivity index is 1.61. The zero-order valence-electron chi connectivity index (χ0n) is 21.0. The third-order valence-corrected chi connectivity index (χ3v) is 6.45. The van der Waals surface area contributed by atoms with Gasteiger partial charge in [0.15, 0.2) is 0 Å². The molecule has 1 atom stereocenters. The second-order valence-electron chi connectivity index (χ2n) is 9.35. The maximum Gasteiger partial charge on any atom is 0.119 e. The predicted molar refractivity (Wildman–Crippen MR) is 137 cm³/mol. The highest BCUT2D eigenvalue weighted by atomic mass is 16.5. The number of benzene rings is 1. The second kappa shape index (κ2) is 16.7. The molecule has 2 rings (SSSR count). The second-order valence-corrected chi connectivity index (χ2v) is 9.35. The molecule has 0 fully saturated rings. The number of ether oxygens (including phenoxy) is 1. The summed E-state index contributed by atoms with van der Waals surface area (Å²) in [6.07, 6.45) is 22.1. The number of aromatic nitrogens is 2. The molecule has 0 N–H and O–H groups in total. The minimum Gasteiger partial charge on any atom is -0.494 e. The fourth-order valence-electron chi connectivity index (χ4n) is 3.97. The van der Waals surface area contributed by atoms with Gasteiger partial charge in [-0.25, -0.2) is 0 Å². The molecule has 1 aromatic carbocycles. The van der Waals surface area contributed by atoms with Crippen molar-refractivity contribution >= 4 is 0 Å². The molecule has 0 bridgehead atoms. The summed E-state index contributed by atoms with van der Waals surface area (Å²) in [6.45, 7) is 7.62. The van der Waals surface area contributed by atoms with Gasteiger partial charge in [-0.2, -0.15) is 0 Å². The minimum absolute atomic E-state index is 0.785. The topological polar surface area (TPSA) is 35.0 Å². The van der Waals surface area contributed by atoms with Crippen LogP contribution in [0.25, 0.3) is 11.3 Å². The molecule has 2 aromatic rings. The maximum absolute atomic E-state index is 5.88. The van der Waals surface area contributed by atoms with Crippen molar-refractivity contribution < 1.29 is 4.74 Å². The van der Waals surface area contributed by atoms with Crippen LogP contribution in [-0.2, 0) is 6.42 Å². The first-order valence-corrected chi connectivity index (χ1v) is 13.3. The summed E-state index contributed by atoms with van der Waals surface area (Å²) < 4.78 is 5.88. The number of aryl methyl sites for hydroxylation is 1. The Kier molecular flexibility index (Phi) is 13.7. The highest BCUT2D eigenvalue weighted by Crippen LogP contribution is 2.21. The van der Waals surface area contributed by atoms with E-state index < -0.39 is 0 Å². The van der Waals surface area contributed by atoms with E-state index in [-0.39, 0.29) is 0 Å². The van der Waals surface area contributed by atoms with Gasteiger partial charge in [0.1, 0.15) is 5.75 Å². The number of nitrogens with zero attached hydrogens (tertiary/aromatic N) is 2. The van der Waals surface area contributed by atoms with Crippen LogP contribution in [0.15, 0.2) is 36.7 Å². The van der Waals surface area contributed by atoms with E-state index in [9.17, 15) is 0 Å². The van der Waals surface area contributed by atoms with Crippen molar-refractivity contribution in [2.45, 2.75) is 111 Å². The molecule has 0 aliphatic rings. The van der Waals surface area contributed by atoms with Gasteiger partial charge in [0, 0.05) is 11.8 Å². The maximum atomic E-state index is 5.88. The molecule has 0 radical (unpaired) electrons. The van der Waals surface area contributed by atoms with E-state index >= 15 is 0 Å². The van der Waals surface area contributed by atoms with Crippen LogP contribution in [0.1, 0.15) is 110 Å². The summed E-state index contributed by atoms with van der Waals surface area (Å²) >= 11 is 0. The zero-order valence-corrected chi connectivity index (χ0v) is 21.0. The van der Waals surface area contributed by atoms with Crippen molar-refractivity contribution in [3.63, 3.8) is 0 Å². The van der Waals surface area contributed by atoms with Crippen molar-refractivity contribution in [3.8, 4) is 17.0 Å². The van der Waals surface area contributed by atoms with E-state index in [1.54, 1.807) is 0 Å². The van der Waals surface area contributed by atoms with E-state index in [1.165, 1.54) is 77.0 Å². The van der Waals surface area contributed by atoms with Crippen LogP contribution in [0.3, 0.4) is 0 Å². The summed E-state index contributed by atoms with van der Waals surface area (Å²) in [5.74, 6) is 1.72. The van der Waals surface area contributed by atoms with E-state index in [0.29, 0.717) is 0 Å². The Bertz CT molecular complexity index is 696. The molecule has 0 aliphatic heterocycles. The summed E-state index contributed by atoms with van der Waals surface area (Å²) in [4.78, 5) is 9.29. The van der Waals surface area contributed by atoms with Gasteiger partial charge in [-0.1, -0.05) is 85.0 Å². The molecule has 1 heterocycles. The van der Waals surface area contributed by atoms with E-state index in [1.807, 2.05) is 24.5 Å².